The summed E-state index contributed by atoms with van der Waals surface area (Å²) in [5, 5.41) is 28.5. The minimum Gasteiger partial charge on any atom is -0.396 e. The number of aliphatic hydroxyl groups excluding tert-OH is 3. The molecule has 88 heavy (non-hydrogen) atoms. The van der Waals surface area contributed by atoms with E-state index >= 15 is 0 Å². The summed E-state index contributed by atoms with van der Waals surface area (Å²) in [5.41, 5.74) is 3.89. The van der Waals surface area contributed by atoms with Gasteiger partial charge in [-0.2, -0.15) is 0 Å². The molecule has 3 nitrogen and oxygen atoms in total. The zero-order chi connectivity index (χ0) is 62.4. The Morgan fingerprint density at radius 2 is 0.511 bits per heavy atom. The van der Waals surface area contributed by atoms with Gasteiger partial charge < -0.3 is 15.3 Å². The van der Waals surface area contributed by atoms with Gasteiger partial charge in [-0.3, -0.25) is 0 Å². The second-order valence-electron chi connectivity index (χ2n) is 38.5. The molecule has 515 valence electrons. The first-order valence-corrected chi connectivity index (χ1v) is 40.3. The van der Waals surface area contributed by atoms with Gasteiger partial charge in [0, 0.05) is 42.2 Å². The van der Waals surface area contributed by atoms with Crippen molar-refractivity contribution in [1.82, 2.24) is 0 Å². The third-order valence-electron chi connectivity index (χ3n) is 35.0. The monoisotopic (exact) mass is 1400 g/mol. The molecule has 12 aliphatic rings. The van der Waals surface area contributed by atoms with Crippen LogP contribution in [0.15, 0.2) is 0 Å². The van der Waals surface area contributed by atoms with Gasteiger partial charge in [0.2, 0.25) is 0 Å². The molecular weight excluding hydrogens is 1250 g/mol. The average Bonchev–Trinajstić information content (AvgIpc) is 1.40. The first-order valence-electron chi connectivity index (χ1n) is 40.3. The van der Waals surface area contributed by atoms with E-state index in [1.807, 2.05) is 0 Å². The number of hydrogen-bond acceptors (Lipinski definition) is 3. The molecule has 1 radical (unpaired) electrons. The van der Waals surface area contributed by atoms with Crippen molar-refractivity contribution >= 4 is 0 Å². The maximum atomic E-state index is 9.49. The minimum atomic E-state index is 0. The van der Waals surface area contributed by atoms with Gasteiger partial charge in [-0.25, -0.2) is 0 Å². The van der Waals surface area contributed by atoms with E-state index in [0.717, 1.165) is 107 Å². The van der Waals surface area contributed by atoms with Crippen LogP contribution in [0.3, 0.4) is 0 Å². The smallest absolute Gasteiger partial charge is 0.0459 e. The van der Waals surface area contributed by atoms with E-state index in [4.69, 9.17) is 0 Å². The minimum absolute atomic E-state index is 0. The topological polar surface area (TPSA) is 60.7 Å². The molecule has 3 N–H and O–H groups in total. The standard InChI is InChI=1S/3C28H50O.Au/c3*1-19(21(3)18-29)9-10-20(2)24-13-14-25-23-12-11-22-8-6-7-16-27(22,4)26(23)15-17-28(24,25)5;/h3*19-26,29H,6-18H2,1-5H3;/t3*19-,20+,21?,22?,23-,24+,25-,26-,27-,28+;/m000./s1. The number of rotatable bonds is 18. The Kier molecular flexibility index (Phi) is 25.0. The summed E-state index contributed by atoms with van der Waals surface area (Å²) < 4.78 is 0. The molecule has 30 atom stereocenters. The summed E-state index contributed by atoms with van der Waals surface area (Å²) in [5.74, 6) is 21.2. The van der Waals surface area contributed by atoms with Crippen LogP contribution in [0.2, 0.25) is 0 Å². The Bertz CT molecular complexity index is 1910. The Morgan fingerprint density at radius 1 is 0.261 bits per heavy atom. The van der Waals surface area contributed by atoms with E-state index < -0.39 is 0 Å². The van der Waals surface area contributed by atoms with E-state index in [2.05, 4.69) is 104 Å². The average molecular weight is 1410 g/mol. The molecule has 0 spiro atoms. The molecular formula is C84H150AuO3. The third-order valence-corrected chi connectivity index (χ3v) is 35.0. The number of fused-ring (bicyclic) bond motifs is 15. The van der Waals surface area contributed by atoms with Crippen LogP contribution < -0.4 is 0 Å². The number of hydrogen-bond donors (Lipinski definition) is 3. The molecule has 0 amide bonds. The number of aliphatic hydroxyl groups is 3. The predicted octanol–water partition coefficient (Wildman–Crippen LogP) is 23.1. The fourth-order valence-electron chi connectivity index (χ4n) is 28.4. The van der Waals surface area contributed by atoms with Crippen molar-refractivity contribution in [1.29, 1.82) is 0 Å². The van der Waals surface area contributed by atoms with Gasteiger partial charge >= 0.3 is 0 Å². The SMILES string of the molecule is CC(CO)[C@@H](C)CC[C@@H](C)[C@H]1CC[C@H]2[C@@H]3CCC4CCCC[C@]4(C)[C@H]3CC[C@]12C.CC(CO)[C@@H](C)CC[C@@H](C)[C@H]1CC[C@H]2[C@@H]3CCC4CCCC[C@]4(C)[C@H]3CC[C@]12C.CC(CO)[C@@H](C)CC[C@@H](C)[C@H]1CC[C@H]2[C@@H]3CCC4CCCC[C@]4(C)[C@H]3CC[C@]12C.[Au]. The van der Waals surface area contributed by atoms with Gasteiger partial charge in [0.15, 0.2) is 0 Å². The van der Waals surface area contributed by atoms with Crippen LogP contribution in [-0.4, -0.2) is 35.1 Å². The van der Waals surface area contributed by atoms with Gasteiger partial charge in [0.1, 0.15) is 0 Å². The van der Waals surface area contributed by atoms with Crippen LogP contribution in [0.4, 0.5) is 0 Å². The van der Waals surface area contributed by atoms with Crippen molar-refractivity contribution in [3.8, 4) is 0 Å². The van der Waals surface area contributed by atoms with Crippen molar-refractivity contribution in [3.05, 3.63) is 0 Å². The molecule has 0 bridgehead atoms. The predicted molar refractivity (Wildman–Crippen MR) is 371 cm³/mol. The van der Waals surface area contributed by atoms with Crippen LogP contribution in [0, 0.1) is 175 Å². The zero-order valence-electron chi connectivity index (χ0n) is 61.1. The zero-order valence-corrected chi connectivity index (χ0v) is 63.2. The van der Waals surface area contributed by atoms with Gasteiger partial charge in [-0.1, -0.05) is 181 Å². The maximum Gasteiger partial charge on any atom is 0.0459 e. The van der Waals surface area contributed by atoms with Gasteiger partial charge in [-0.05, 0) is 329 Å². The second kappa shape index (κ2) is 30.2. The second-order valence-corrected chi connectivity index (χ2v) is 38.5. The summed E-state index contributed by atoms with van der Waals surface area (Å²) in [6.45, 7) is 38.8. The molecule has 4 heteroatoms. The summed E-state index contributed by atoms with van der Waals surface area (Å²) in [6.07, 6.45) is 53.7. The van der Waals surface area contributed by atoms with Gasteiger partial charge in [-0.15, -0.1) is 0 Å². The molecule has 0 saturated heterocycles. The molecule has 12 aliphatic carbocycles. The van der Waals surface area contributed by atoms with Gasteiger partial charge in [0.05, 0.1) is 0 Å². The van der Waals surface area contributed by atoms with E-state index in [9.17, 15) is 15.3 Å². The first kappa shape index (κ1) is 72.9. The molecule has 0 aromatic heterocycles. The molecule has 0 aliphatic heterocycles. The molecule has 0 heterocycles. The van der Waals surface area contributed by atoms with Gasteiger partial charge in [0.25, 0.3) is 0 Å². The summed E-state index contributed by atoms with van der Waals surface area (Å²) in [4.78, 5) is 0. The van der Waals surface area contributed by atoms with Crippen molar-refractivity contribution < 1.29 is 37.7 Å². The van der Waals surface area contributed by atoms with Crippen molar-refractivity contribution in [2.75, 3.05) is 19.8 Å². The van der Waals surface area contributed by atoms with E-state index in [0.29, 0.717) is 87.8 Å². The molecule has 0 aromatic carbocycles. The van der Waals surface area contributed by atoms with E-state index in [1.54, 1.807) is 38.5 Å². The van der Waals surface area contributed by atoms with Crippen LogP contribution in [-0.2, 0) is 22.4 Å². The summed E-state index contributed by atoms with van der Waals surface area (Å²) >= 11 is 0. The quantitative estimate of drug-likeness (QED) is 0.120. The molecule has 12 fully saturated rings. The fourth-order valence-corrected chi connectivity index (χ4v) is 28.4. The molecule has 12 saturated carbocycles. The Hall–Kier alpha value is 0.620. The molecule has 12 rings (SSSR count). The molecule has 0 aromatic rings. The van der Waals surface area contributed by atoms with E-state index in [-0.39, 0.29) is 22.4 Å². The summed E-state index contributed by atoms with van der Waals surface area (Å²) in [6, 6.07) is 0. The van der Waals surface area contributed by atoms with Crippen molar-refractivity contribution in [2.24, 2.45) is 175 Å². The first-order chi connectivity index (χ1) is 41.4. The Balaban J connectivity index is 0.000000156. The van der Waals surface area contributed by atoms with Crippen molar-refractivity contribution in [3.63, 3.8) is 0 Å². The van der Waals surface area contributed by atoms with Crippen LogP contribution in [0.5, 0.6) is 0 Å². The maximum absolute atomic E-state index is 9.49. The van der Waals surface area contributed by atoms with Crippen molar-refractivity contribution in [2.45, 2.75) is 335 Å². The Morgan fingerprint density at radius 3 is 0.761 bits per heavy atom. The van der Waals surface area contributed by atoms with Crippen LogP contribution in [0.1, 0.15) is 335 Å². The largest absolute Gasteiger partial charge is 0.396 e. The fraction of sp³-hybridized carbons (Fsp3) is 1.00. The Labute approximate surface area is 563 Å². The van der Waals surface area contributed by atoms with E-state index in [1.165, 1.54) is 193 Å². The van der Waals surface area contributed by atoms with Crippen LogP contribution in [0.25, 0.3) is 0 Å². The summed E-state index contributed by atoms with van der Waals surface area (Å²) in [7, 11) is 0. The van der Waals surface area contributed by atoms with Crippen LogP contribution >= 0.6 is 0 Å². The molecule has 6 unspecified atom stereocenters. The normalized spacial score (nSPS) is 47.0. The third kappa shape index (κ3) is 13.9.